The number of halogens is 1. The van der Waals surface area contributed by atoms with Crippen molar-refractivity contribution in [1.82, 2.24) is 5.32 Å². The molecular formula is C15H24BrNO. The number of nitrogens with one attached hydrogen (secondary N) is 1. The highest BCUT2D eigenvalue weighted by Gasteiger charge is 2.16. The lowest BCUT2D eigenvalue weighted by Gasteiger charge is -2.24. The fraction of sp³-hybridized carbons (Fsp3) is 0.600. The molecule has 0 aliphatic rings. The van der Waals surface area contributed by atoms with Gasteiger partial charge in [-0.2, -0.15) is 0 Å². The summed E-state index contributed by atoms with van der Waals surface area (Å²) in [5.74, 6) is 1.58. The fourth-order valence-corrected chi connectivity index (χ4v) is 2.81. The van der Waals surface area contributed by atoms with E-state index < -0.39 is 0 Å². The summed E-state index contributed by atoms with van der Waals surface area (Å²) in [6, 6.07) is 6.78. The summed E-state index contributed by atoms with van der Waals surface area (Å²) < 4.78 is 6.55. The van der Waals surface area contributed by atoms with Crippen molar-refractivity contribution in [2.45, 2.75) is 39.7 Å². The van der Waals surface area contributed by atoms with E-state index in [0.717, 1.165) is 29.6 Å². The monoisotopic (exact) mass is 313 g/mol. The highest BCUT2D eigenvalue weighted by Crippen LogP contribution is 2.26. The van der Waals surface area contributed by atoms with Crippen LogP contribution in [0.2, 0.25) is 0 Å². The van der Waals surface area contributed by atoms with Gasteiger partial charge in [0.25, 0.3) is 0 Å². The molecule has 1 N–H and O–H groups in total. The first-order chi connectivity index (χ1) is 8.62. The van der Waals surface area contributed by atoms with Crippen LogP contribution in [0.15, 0.2) is 22.7 Å². The minimum absolute atomic E-state index is 0.568. The molecule has 1 rings (SSSR count). The summed E-state index contributed by atoms with van der Waals surface area (Å²) in [6.45, 7) is 7.73. The zero-order chi connectivity index (χ0) is 13.5. The average molecular weight is 314 g/mol. The Bertz CT molecular complexity index is 368. The molecule has 0 amide bonds. The van der Waals surface area contributed by atoms with E-state index >= 15 is 0 Å². The maximum atomic E-state index is 5.43. The Morgan fingerprint density at radius 2 is 2.06 bits per heavy atom. The van der Waals surface area contributed by atoms with Crippen molar-refractivity contribution in [3.63, 3.8) is 0 Å². The second-order valence-corrected chi connectivity index (χ2v) is 5.63. The van der Waals surface area contributed by atoms with Crippen molar-refractivity contribution in [2.24, 2.45) is 5.92 Å². The van der Waals surface area contributed by atoms with Gasteiger partial charge in [-0.05, 0) is 49.1 Å². The van der Waals surface area contributed by atoms with Crippen molar-refractivity contribution < 1.29 is 4.74 Å². The van der Waals surface area contributed by atoms with Gasteiger partial charge in [0.05, 0.1) is 7.11 Å². The van der Waals surface area contributed by atoms with Crippen molar-refractivity contribution in [3.05, 3.63) is 28.2 Å². The van der Waals surface area contributed by atoms with Gasteiger partial charge in [0.15, 0.2) is 0 Å². The third-order valence-corrected chi connectivity index (χ3v) is 3.87. The Morgan fingerprint density at radius 3 is 2.61 bits per heavy atom. The quantitative estimate of drug-likeness (QED) is 0.820. The Morgan fingerprint density at radius 1 is 1.33 bits per heavy atom. The predicted octanol–water partition coefficient (Wildman–Crippen LogP) is 4.02. The molecule has 0 fully saturated rings. The Balaban J connectivity index is 2.79. The zero-order valence-electron chi connectivity index (χ0n) is 11.8. The summed E-state index contributed by atoms with van der Waals surface area (Å²) in [7, 11) is 1.74. The average Bonchev–Trinajstić information content (AvgIpc) is 2.36. The molecule has 3 heteroatoms. The molecular weight excluding hydrogens is 290 g/mol. The molecule has 0 saturated heterocycles. The third kappa shape index (κ3) is 4.29. The summed E-state index contributed by atoms with van der Waals surface area (Å²) in [5, 5.41) is 3.55. The molecule has 102 valence electrons. The van der Waals surface area contributed by atoms with Gasteiger partial charge in [-0.25, -0.2) is 0 Å². The summed E-state index contributed by atoms with van der Waals surface area (Å²) >= 11 is 3.53. The van der Waals surface area contributed by atoms with Crippen LogP contribution in [0.5, 0.6) is 5.75 Å². The number of hydrogen-bond acceptors (Lipinski definition) is 2. The van der Waals surface area contributed by atoms with E-state index in [-0.39, 0.29) is 0 Å². The zero-order valence-corrected chi connectivity index (χ0v) is 13.4. The van der Waals surface area contributed by atoms with Crippen LogP contribution in [0.25, 0.3) is 0 Å². The van der Waals surface area contributed by atoms with Crippen molar-refractivity contribution >= 4 is 15.9 Å². The van der Waals surface area contributed by atoms with Crippen LogP contribution in [0.3, 0.4) is 0 Å². The number of methoxy groups -OCH3 is 1. The van der Waals surface area contributed by atoms with Gasteiger partial charge in [-0.15, -0.1) is 0 Å². The molecule has 18 heavy (non-hydrogen) atoms. The third-order valence-electron chi connectivity index (χ3n) is 3.38. The fourth-order valence-electron chi connectivity index (χ4n) is 2.41. The minimum atomic E-state index is 0.568. The second kappa shape index (κ2) is 7.80. The van der Waals surface area contributed by atoms with Gasteiger partial charge in [-0.1, -0.05) is 36.7 Å². The number of benzene rings is 1. The van der Waals surface area contributed by atoms with Crippen LogP contribution in [-0.4, -0.2) is 19.7 Å². The first-order valence-corrected chi connectivity index (χ1v) is 7.47. The van der Waals surface area contributed by atoms with Gasteiger partial charge in [0.2, 0.25) is 0 Å². The molecule has 0 radical (unpaired) electrons. The molecule has 0 spiro atoms. The number of hydrogen-bond donors (Lipinski definition) is 1. The van der Waals surface area contributed by atoms with E-state index in [4.69, 9.17) is 4.74 Å². The molecule has 0 aromatic heterocycles. The Hall–Kier alpha value is -0.540. The maximum absolute atomic E-state index is 5.43. The highest BCUT2D eigenvalue weighted by molar-refractivity contribution is 9.10. The molecule has 0 heterocycles. The van der Waals surface area contributed by atoms with Crippen LogP contribution in [0.4, 0.5) is 0 Å². The molecule has 0 saturated carbocycles. The highest BCUT2D eigenvalue weighted by atomic mass is 79.9. The maximum Gasteiger partial charge on any atom is 0.122 e. The SMILES string of the molecule is CCNC(CC)C(C)Cc1cc(Br)ccc1OC. The summed E-state index contributed by atoms with van der Waals surface area (Å²) in [5.41, 5.74) is 1.27. The number of ether oxygens (including phenoxy) is 1. The van der Waals surface area contributed by atoms with Crippen molar-refractivity contribution in [1.29, 1.82) is 0 Å². The van der Waals surface area contributed by atoms with Gasteiger partial charge in [0.1, 0.15) is 5.75 Å². The first kappa shape index (κ1) is 15.5. The molecule has 1 aromatic carbocycles. The molecule has 2 nitrogen and oxygen atoms in total. The normalized spacial score (nSPS) is 14.3. The van der Waals surface area contributed by atoms with E-state index in [1.54, 1.807) is 7.11 Å². The standard InChI is InChI=1S/C15H24BrNO/c1-5-14(17-6-2)11(3)9-12-10-13(16)7-8-15(12)18-4/h7-8,10-11,14,17H,5-6,9H2,1-4H3. The van der Waals surface area contributed by atoms with Gasteiger partial charge >= 0.3 is 0 Å². The van der Waals surface area contributed by atoms with Crippen LogP contribution in [0, 0.1) is 5.92 Å². The molecule has 2 unspecified atom stereocenters. The van der Waals surface area contributed by atoms with Crippen LogP contribution >= 0.6 is 15.9 Å². The molecule has 0 bridgehead atoms. The first-order valence-electron chi connectivity index (χ1n) is 6.68. The van der Waals surface area contributed by atoms with Crippen molar-refractivity contribution in [2.75, 3.05) is 13.7 Å². The minimum Gasteiger partial charge on any atom is -0.496 e. The molecule has 1 aromatic rings. The Kier molecular flexibility index (Phi) is 6.72. The van der Waals surface area contributed by atoms with Gasteiger partial charge in [0, 0.05) is 10.5 Å². The van der Waals surface area contributed by atoms with Crippen LogP contribution in [-0.2, 0) is 6.42 Å². The molecule has 2 atom stereocenters. The molecule has 0 aliphatic heterocycles. The van der Waals surface area contributed by atoms with Crippen LogP contribution < -0.4 is 10.1 Å². The summed E-state index contributed by atoms with van der Waals surface area (Å²) in [4.78, 5) is 0. The van der Waals surface area contributed by atoms with E-state index in [1.165, 1.54) is 5.56 Å². The van der Waals surface area contributed by atoms with E-state index in [0.29, 0.717) is 12.0 Å². The topological polar surface area (TPSA) is 21.3 Å². The van der Waals surface area contributed by atoms with Crippen molar-refractivity contribution in [3.8, 4) is 5.75 Å². The molecule has 0 aliphatic carbocycles. The largest absolute Gasteiger partial charge is 0.496 e. The lowest BCUT2D eigenvalue weighted by atomic mass is 9.92. The lowest BCUT2D eigenvalue weighted by Crippen LogP contribution is -2.35. The van der Waals surface area contributed by atoms with Crippen LogP contribution in [0.1, 0.15) is 32.8 Å². The van der Waals surface area contributed by atoms with Gasteiger partial charge < -0.3 is 10.1 Å². The van der Waals surface area contributed by atoms with E-state index in [2.05, 4.69) is 48.1 Å². The lowest BCUT2D eigenvalue weighted by molar-refractivity contribution is 0.360. The predicted molar refractivity (Wildman–Crippen MR) is 81.3 cm³/mol. The number of rotatable bonds is 7. The summed E-state index contributed by atoms with van der Waals surface area (Å²) in [6.07, 6.45) is 2.19. The second-order valence-electron chi connectivity index (χ2n) is 4.71. The van der Waals surface area contributed by atoms with Gasteiger partial charge in [-0.3, -0.25) is 0 Å². The van der Waals surface area contributed by atoms with E-state index in [9.17, 15) is 0 Å². The smallest absolute Gasteiger partial charge is 0.122 e. The van der Waals surface area contributed by atoms with E-state index in [1.807, 2.05) is 12.1 Å². The Labute approximate surface area is 119 Å².